The lowest BCUT2D eigenvalue weighted by molar-refractivity contribution is 0.168. The normalized spacial score (nSPS) is 12.5. The lowest BCUT2D eigenvalue weighted by atomic mass is 10.0. The van der Waals surface area contributed by atoms with Crippen LogP contribution in [0.15, 0.2) is 29.3 Å². The number of hydrogen-bond donors (Lipinski definition) is 1. The standard InChI is InChI=1S/C12H13BrF2O/c1-2-3-9(16)5-4-8-6-10(13)12(15)7-11(8)14/h2,6-7,9,16H,1,3-5H2. The zero-order valence-electron chi connectivity index (χ0n) is 8.72. The molecule has 0 fully saturated rings. The molecule has 0 saturated carbocycles. The summed E-state index contributed by atoms with van der Waals surface area (Å²) in [5.74, 6) is -1.20. The molecule has 1 aromatic carbocycles. The van der Waals surface area contributed by atoms with E-state index in [2.05, 4.69) is 22.5 Å². The van der Waals surface area contributed by atoms with Gasteiger partial charge in [0.1, 0.15) is 11.6 Å². The second kappa shape index (κ2) is 6.11. The molecule has 1 aromatic rings. The summed E-state index contributed by atoms with van der Waals surface area (Å²) in [5, 5.41) is 9.45. The first kappa shape index (κ1) is 13.3. The number of rotatable bonds is 5. The molecule has 0 aromatic heterocycles. The van der Waals surface area contributed by atoms with Gasteiger partial charge in [0.2, 0.25) is 0 Å². The maximum absolute atomic E-state index is 13.3. The van der Waals surface area contributed by atoms with E-state index in [0.29, 0.717) is 24.8 Å². The van der Waals surface area contributed by atoms with Crippen LogP contribution in [0.3, 0.4) is 0 Å². The highest BCUT2D eigenvalue weighted by molar-refractivity contribution is 9.10. The fraction of sp³-hybridized carbons (Fsp3) is 0.333. The van der Waals surface area contributed by atoms with Crippen LogP contribution in [0.2, 0.25) is 0 Å². The van der Waals surface area contributed by atoms with Gasteiger partial charge in [-0.25, -0.2) is 8.78 Å². The molecular formula is C12H13BrF2O. The van der Waals surface area contributed by atoms with E-state index in [1.54, 1.807) is 6.08 Å². The smallest absolute Gasteiger partial charge is 0.140 e. The van der Waals surface area contributed by atoms with Crippen molar-refractivity contribution < 1.29 is 13.9 Å². The van der Waals surface area contributed by atoms with Crippen molar-refractivity contribution in [3.8, 4) is 0 Å². The molecule has 1 nitrogen and oxygen atoms in total. The number of halogens is 3. The Hall–Kier alpha value is -0.740. The molecule has 4 heteroatoms. The number of aliphatic hydroxyl groups excluding tert-OH is 1. The fourth-order valence-electron chi connectivity index (χ4n) is 1.39. The van der Waals surface area contributed by atoms with E-state index < -0.39 is 17.7 Å². The second-order valence-electron chi connectivity index (χ2n) is 3.57. The summed E-state index contributed by atoms with van der Waals surface area (Å²) in [7, 11) is 0. The Labute approximate surface area is 102 Å². The van der Waals surface area contributed by atoms with Crippen molar-refractivity contribution in [1.82, 2.24) is 0 Å². The third-order valence-electron chi connectivity index (χ3n) is 2.27. The topological polar surface area (TPSA) is 20.2 Å². The van der Waals surface area contributed by atoms with E-state index in [9.17, 15) is 13.9 Å². The second-order valence-corrected chi connectivity index (χ2v) is 4.43. The Kier molecular flexibility index (Phi) is 5.09. The van der Waals surface area contributed by atoms with Crippen LogP contribution in [0.1, 0.15) is 18.4 Å². The summed E-state index contributed by atoms with van der Waals surface area (Å²) in [6.45, 7) is 3.51. The van der Waals surface area contributed by atoms with Crippen molar-refractivity contribution in [2.45, 2.75) is 25.4 Å². The van der Waals surface area contributed by atoms with Crippen molar-refractivity contribution in [3.05, 3.63) is 46.5 Å². The van der Waals surface area contributed by atoms with E-state index in [0.717, 1.165) is 6.07 Å². The maximum Gasteiger partial charge on any atom is 0.140 e. The van der Waals surface area contributed by atoms with E-state index in [-0.39, 0.29) is 4.47 Å². The quantitative estimate of drug-likeness (QED) is 0.649. The first-order valence-corrected chi connectivity index (χ1v) is 5.76. The SMILES string of the molecule is C=CCC(O)CCc1cc(Br)c(F)cc1F. The molecule has 0 aliphatic rings. The molecule has 0 saturated heterocycles. The Morgan fingerprint density at radius 3 is 2.69 bits per heavy atom. The van der Waals surface area contributed by atoms with Gasteiger partial charge in [0.25, 0.3) is 0 Å². The van der Waals surface area contributed by atoms with Crippen molar-refractivity contribution >= 4 is 15.9 Å². The monoisotopic (exact) mass is 290 g/mol. The zero-order valence-corrected chi connectivity index (χ0v) is 10.3. The molecule has 0 radical (unpaired) electrons. The van der Waals surface area contributed by atoms with Gasteiger partial charge in [-0.3, -0.25) is 0 Å². The van der Waals surface area contributed by atoms with Crippen LogP contribution in [-0.4, -0.2) is 11.2 Å². The summed E-state index contributed by atoms with van der Waals surface area (Å²) in [6, 6.07) is 2.25. The van der Waals surface area contributed by atoms with Crippen LogP contribution in [0.25, 0.3) is 0 Å². The van der Waals surface area contributed by atoms with Gasteiger partial charge in [0.15, 0.2) is 0 Å². The molecule has 0 aliphatic carbocycles. The predicted octanol–water partition coefficient (Wildman–Crippen LogP) is 3.60. The van der Waals surface area contributed by atoms with E-state index >= 15 is 0 Å². The van der Waals surface area contributed by atoms with Crippen molar-refractivity contribution in [1.29, 1.82) is 0 Å². The average Bonchev–Trinajstić information content (AvgIpc) is 2.22. The molecule has 0 spiro atoms. The van der Waals surface area contributed by atoms with Gasteiger partial charge in [-0.2, -0.15) is 0 Å². The number of aliphatic hydroxyl groups is 1. The Bertz CT molecular complexity index is 380. The summed E-state index contributed by atoms with van der Waals surface area (Å²) >= 11 is 3.00. The lowest BCUT2D eigenvalue weighted by Gasteiger charge is -2.09. The highest BCUT2D eigenvalue weighted by Crippen LogP contribution is 2.21. The minimum absolute atomic E-state index is 0.238. The number of hydrogen-bond acceptors (Lipinski definition) is 1. The summed E-state index contributed by atoms with van der Waals surface area (Å²) in [5.41, 5.74) is 0.399. The number of aryl methyl sites for hydroxylation is 1. The van der Waals surface area contributed by atoms with Gasteiger partial charge in [0.05, 0.1) is 10.6 Å². The predicted molar refractivity (Wildman–Crippen MR) is 63.2 cm³/mol. The fourth-order valence-corrected chi connectivity index (χ4v) is 1.78. The molecule has 1 N–H and O–H groups in total. The minimum Gasteiger partial charge on any atom is -0.393 e. The van der Waals surface area contributed by atoms with Crippen LogP contribution in [0.5, 0.6) is 0 Å². The van der Waals surface area contributed by atoms with Gasteiger partial charge in [-0.05, 0) is 46.8 Å². The van der Waals surface area contributed by atoms with E-state index in [1.165, 1.54) is 6.07 Å². The van der Waals surface area contributed by atoms with E-state index in [4.69, 9.17) is 0 Å². The maximum atomic E-state index is 13.3. The average molecular weight is 291 g/mol. The third-order valence-corrected chi connectivity index (χ3v) is 2.88. The summed E-state index contributed by atoms with van der Waals surface area (Å²) < 4.78 is 26.5. The summed E-state index contributed by atoms with van der Waals surface area (Å²) in [6.07, 6.45) is 2.37. The van der Waals surface area contributed by atoms with Crippen LogP contribution in [0, 0.1) is 11.6 Å². The van der Waals surface area contributed by atoms with Gasteiger partial charge in [-0.1, -0.05) is 6.08 Å². The Morgan fingerprint density at radius 1 is 1.38 bits per heavy atom. The van der Waals surface area contributed by atoms with Gasteiger partial charge >= 0.3 is 0 Å². The van der Waals surface area contributed by atoms with Crippen molar-refractivity contribution in [3.63, 3.8) is 0 Å². The van der Waals surface area contributed by atoms with Crippen LogP contribution in [0.4, 0.5) is 8.78 Å². The molecular weight excluding hydrogens is 278 g/mol. The molecule has 1 atom stereocenters. The first-order chi connectivity index (χ1) is 7.54. The minimum atomic E-state index is -0.618. The molecule has 88 valence electrons. The first-order valence-electron chi connectivity index (χ1n) is 4.97. The van der Waals surface area contributed by atoms with Crippen LogP contribution in [-0.2, 0) is 6.42 Å². The van der Waals surface area contributed by atoms with Crippen LogP contribution < -0.4 is 0 Å². The van der Waals surface area contributed by atoms with E-state index in [1.807, 2.05) is 0 Å². The Morgan fingerprint density at radius 2 is 2.06 bits per heavy atom. The lowest BCUT2D eigenvalue weighted by Crippen LogP contribution is -2.07. The molecule has 0 amide bonds. The molecule has 0 heterocycles. The zero-order chi connectivity index (χ0) is 12.1. The molecule has 1 unspecified atom stereocenters. The highest BCUT2D eigenvalue weighted by Gasteiger charge is 2.10. The summed E-state index contributed by atoms with van der Waals surface area (Å²) in [4.78, 5) is 0. The molecule has 0 bridgehead atoms. The van der Waals surface area contributed by atoms with Gasteiger partial charge < -0.3 is 5.11 Å². The number of benzene rings is 1. The van der Waals surface area contributed by atoms with Crippen LogP contribution >= 0.6 is 15.9 Å². The highest BCUT2D eigenvalue weighted by atomic mass is 79.9. The largest absolute Gasteiger partial charge is 0.393 e. The molecule has 1 rings (SSSR count). The molecule has 16 heavy (non-hydrogen) atoms. The Balaban J connectivity index is 2.67. The van der Waals surface area contributed by atoms with Gasteiger partial charge in [0, 0.05) is 6.07 Å². The van der Waals surface area contributed by atoms with Gasteiger partial charge in [-0.15, -0.1) is 6.58 Å². The third kappa shape index (κ3) is 3.68. The molecule has 0 aliphatic heterocycles. The van der Waals surface area contributed by atoms with Crippen molar-refractivity contribution in [2.24, 2.45) is 0 Å². The van der Waals surface area contributed by atoms with Crippen molar-refractivity contribution in [2.75, 3.05) is 0 Å².